The zero-order valence-corrected chi connectivity index (χ0v) is 10.8. The van der Waals surface area contributed by atoms with E-state index in [0.717, 1.165) is 6.42 Å². The van der Waals surface area contributed by atoms with E-state index in [1.165, 1.54) is 16.9 Å². The second kappa shape index (κ2) is 5.79. The highest BCUT2D eigenvalue weighted by molar-refractivity contribution is 5.49. The molecule has 0 spiro atoms. The molecule has 0 bridgehead atoms. The average molecular weight is 272 g/mol. The van der Waals surface area contributed by atoms with E-state index < -0.39 is 4.92 Å². The molecule has 2 rings (SSSR count). The minimum absolute atomic E-state index is 0.0543. The van der Waals surface area contributed by atoms with Crippen molar-refractivity contribution in [1.82, 2.24) is 15.0 Å². The number of nitro groups is 1. The third kappa shape index (κ3) is 2.72. The van der Waals surface area contributed by atoms with Gasteiger partial charge in [-0.25, -0.2) is 0 Å². The predicted molar refractivity (Wildman–Crippen MR) is 71.5 cm³/mol. The fourth-order valence-electron chi connectivity index (χ4n) is 1.59. The summed E-state index contributed by atoms with van der Waals surface area (Å²) in [4.78, 5) is 11.5. The number of non-ortho nitro benzene ring substituents is 1. The molecular weight excluding hydrogens is 260 g/mol. The first-order chi connectivity index (χ1) is 9.65. The highest BCUT2D eigenvalue weighted by Gasteiger charge is 2.13. The van der Waals surface area contributed by atoms with Crippen molar-refractivity contribution in [1.29, 1.82) is 5.26 Å². The Hall–Kier alpha value is -2.95. The van der Waals surface area contributed by atoms with E-state index in [4.69, 9.17) is 5.26 Å². The first-order valence-electron chi connectivity index (χ1n) is 6.02. The summed E-state index contributed by atoms with van der Waals surface area (Å²) in [7, 11) is 0. The molecule has 1 aromatic carbocycles. The molecule has 0 saturated carbocycles. The van der Waals surface area contributed by atoms with Crippen LogP contribution in [0.2, 0.25) is 0 Å². The molecule has 0 amide bonds. The fourth-order valence-corrected chi connectivity index (χ4v) is 1.59. The largest absolute Gasteiger partial charge is 0.366 e. The van der Waals surface area contributed by atoms with Gasteiger partial charge >= 0.3 is 0 Å². The summed E-state index contributed by atoms with van der Waals surface area (Å²) in [5, 5.41) is 30.9. The van der Waals surface area contributed by atoms with Crippen LogP contribution in [-0.2, 0) is 0 Å². The summed E-state index contributed by atoms with van der Waals surface area (Å²) >= 11 is 0. The molecule has 0 aliphatic rings. The minimum Gasteiger partial charge on any atom is -0.366 e. The Morgan fingerprint density at radius 3 is 2.95 bits per heavy atom. The molecule has 1 N–H and O–H groups in total. The number of nitro benzene ring substituents is 1. The van der Waals surface area contributed by atoms with Crippen molar-refractivity contribution < 1.29 is 4.92 Å². The Labute approximate surface area is 114 Å². The van der Waals surface area contributed by atoms with E-state index in [1.807, 2.05) is 13.0 Å². The Kier molecular flexibility index (Phi) is 3.91. The number of benzene rings is 1. The van der Waals surface area contributed by atoms with Gasteiger partial charge in [-0.2, -0.15) is 5.26 Å². The first kappa shape index (κ1) is 13.5. The number of hydrogen-bond acceptors (Lipinski definition) is 6. The minimum atomic E-state index is -0.492. The lowest BCUT2D eigenvalue weighted by Gasteiger charge is -1.99. The number of nitriles is 1. The number of nitrogens with zero attached hydrogens (tertiary/aromatic N) is 5. The van der Waals surface area contributed by atoms with E-state index in [0.29, 0.717) is 18.1 Å². The molecule has 0 saturated heterocycles. The van der Waals surface area contributed by atoms with Gasteiger partial charge in [-0.05, 0) is 12.5 Å². The lowest BCUT2D eigenvalue weighted by Crippen LogP contribution is -2.03. The smallest absolute Gasteiger partial charge is 0.271 e. The van der Waals surface area contributed by atoms with Gasteiger partial charge in [0.15, 0.2) is 5.82 Å². The fraction of sp³-hybridized carbons (Fsp3) is 0.250. The molecule has 1 heterocycles. The molecule has 0 aliphatic carbocycles. The Morgan fingerprint density at radius 2 is 2.30 bits per heavy atom. The summed E-state index contributed by atoms with van der Waals surface area (Å²) in [6.45, 7) is 2.66. The van der Waals surface area contributed by atoms with Crippen molar-refractivity contribution in [2.24, 2.45) is 0 Å². The van der Waals surface area contributed by atoms with Gasteiger partial charge < -0.3 is 5.32 Å². The Morgan fingerprint density at radius 1 is 1.50 bits per heavy atom. The van der Waals surface area contributed by atoms with Crippen molar-refractivity contribution in [2.45, 2.75) is 13.3 Å². The first-order valence-corrected chi connectivity index (χ1v) is 6.02. The topological polar surface area (TPSA) is 110 Å². The summed E-state index contributed by atoms with van der Waals surface area (Å²) in [6, 6.07) is 7.86. The van der Waals surface area contributed by atoms with Gasteiger partial charge in [0.25, 0.3) is 5.69 Å². The van der Waals surface area contributed by atoms with Crippen molar-refractivity contribution in [2.75, 3.05) is 11.9 Å². The van der Waals surface area contributed by atoms with Gasteiger partial charge in [-0.1, -0.05) is 13.0 Å². The summed E-state index contributed by atoms with van der Waals surface area (Å²) < 4.78 is 0. The van der Waals surface area contributed by atoms with Gasteiger partial charge in [-0.3, -0.25) is 10.1 Å². The van der Waals surface area contributed by atoms with Gasteiger partial charge in [-0.15, -0.1) is 15.0 Å². The highest BCUT2D eigenvalue weighted by Crippen LogP contribution is 2.17. The van der Waals surface area contributed by atoms with Crippen molar-refractivity contribution >= 4 is 11.5 Å². The zero-order valence-electron chi connectivity index (χ0n) is 10.8. The van der Waals surface area contributed by atoms with Crippen LogP contribution in [0.15, 0.2) is 24.3 Å². The second-order valence-electron chi connectivity index (χ2n) is 4.00. The van der Waals surface area contributed by atoms with E-state index in [9.17, 15) is 10.1 Å². The molecule has 1 aromatic heterocycles. The van der Waals surface area contributed by atoms with Crippen molar-refractivity contribution in [3.05, 3.63) is 40.1 Å². The van der Waals surface area contributed by atoms with E-state index >= 15 is 0 Å². The average Bonchev–Trinajstić information content (AvgIpc) is 2.88. The van der Waals surface area contributed by atoms with Gasteiger partial charge in [0, 0.05) is 18.7 Å². The molecule has 0 fully saturated rings. The summed E-state index contributed by atoms with van der Waals surface area (Å²) in [5.74, 6) is 0.376. The van der Waals surface area contributed by atoms with Crippen LogP contribution in [-0.4, -0.2) is 26.5 Å². The Bertz CT molecular complexity index is 673. The molecule has 8 heteroatoms. The lowest BCUT2D eigenvalue weighted by atomic mass is 10.3. The van der Waals surface area contributed by atoms with Crippen LogP contribution in [0.5, 0.6) is 0 Å². The third-order valence-electron chi connectivity index (χ3n) is 2.53. The number of nitrogens with one attached hydrogen (secondary N) is 1. The number of rotatable bonds is 5. The third-order valence-corrected chi connectivity index (χ3v) is 2.53. The molecule has 20 heavy (non-hydrogen) atoms. The molecule has 8 nitrogen and oxygen atoms in total. The standard InChI is InChI=1S/C12H12N6O2/c1-2-6-14-12-11(8-13)15-17(16-12)9-4-3-5-10(7-9)18(19)20/h3-5,7H,2,6H2,1H3,(H,14,16). The molecule has 102 valence electrons. The van der Waals surface area contributed by atoms with Gasteiger partial charge in [0.2, 0.25) is 5.69 Å². The van der Waals surface area contributed by atoms with Crippen LogP contribution in [0.1, 0.15) is 19.0 Å². The van der Waals surface area contributed by atoms with Gasteiger partial charge in [0.05, 0.1) is 10.6 Å². The molecule has 0 radical (unpaired) electrons. The maximum atomic E-state index is 10.7. The predicted octanol–water partition coefficient (Wildman–Crippen LogP) is 1.87. The molecule has 2 aromatic rings. The van der Waals surface area contributed by atoms with E-state index in [2.05, 4.69) is 15.5 Å². The summed E-state index contributed by atoms with van der Waals surface area (Å²) in [6.07, 6.45) is 0.883. The summed E-state index contributed by atoms with van der Waals surface area (Å²) in [5.41, 5.74) is 0.534. The maximum absolute atomic E-state index is 10.7. The molecule has 0 aliphatic heterocycles. The molecular formula is C12H12N6O2. The van der Waals surface area contributed by atoms with E-state index in [-0.39, 0.29) is 11.4 Å². The monoisotopic (exact) mass is 272 g/mol. The van der Waals surface area contributed by atoms with Crippen molar-refractivity contribution in [3.8, 4) is 11.8 Å². The number of anilines is 1. The quantitative estimate of drug-likeness (QED) is 0.657. The normalized spacial score (nSPS) is 10.0. The maximum Gasteiger partial charge on any atom is 0.271 e. The lowest BCUT2D eigenvalue weighted by molar-refractivity contribution is -0.384. The molecule has 0 atom stereocenters. The van der Waals surface area contributed by atoms with Crippen LogP contribution in [0.25, 0.3) is 5.69 Å². The Balaban J connectivity index is 2.38. The van der Waals surface area contributed by atoms with Crippen LogP contribution < -0.4 is 5.32 Å². The van der Waals surface area contributed by atoms with Crippen LogP contribution in [0, 0.1) is 21.4 Å². The van der Waals surface area contributed by atoms with E-state index in [1.54, 1.807) is 12.1 Å². The van der Waals surface area contributed by atoms with Crippen LogP contribution in [0.4, 0.5) is 11.5 Å². The van der Waals surface area contributed by atoms with Crippen LogP contribution in [0.3, 0.4) is 0 Å². The highest BCUT2D eigenvalue weighted by atomic mass is 16.6. The zero-order chi connectivity index (χ0) is 14.5. The van der Waals surface area contributed by atoms with Gasteiger partial charge in [0.1, 0.15) is 6.07 Å². The number of aromatic nitrogens is 3. The molecule has 0 unspecified atom stereocenters. The van der Waals surface area contributed by atoms with Crippen molar-refractivity contribution in [3.63, 3.8) is 0 Å². The number of hydrogen-bond donors (Lipinski definition) is 1. The second-order valence-corrected chi connectivity index (χ2v) is 4.00. The SMILES string of the molecule is CCCNc1nn(-c2cccc([N+](=O)[O-])c2)nc1C#N. The van der Waals surface area contributed by atoms with Crippen LogP contribution >= 0.6 is 0 Å².